The van der Waals surface area contributed by atoms with E-state index in [4.69, 9.17) is 10.7 Å². The molecule has 2 heterocycles. The molecule has 0 amide bonds. The van der Waals surface area contributed by atoms with Gasteiger partial charge >= 0.3 is 0 Å². The summed E-state index contributed by atoms with van der Waals surface area (Å²) >= 11 is 1.86. The fraction of sp³-hybridized carbons (Fsp3) is 0.467. The minimum absolute atomic E-state index is 0.671. The summed E-state index contributed by atoms with van der Waals surface area (Å²) in [6.07, 6.45) is 9.91. The maximum Gasteiger partial charge on any atom is 0.0948 e. The van der Waals surface area contributed by atoms with E-state index in [1.54, 1.807) is 0 Å². The molecule has 100 valence electrons. The summed E-state index contributed by atoms with van der Waals surface area (Å²) in [5.74, 6) is 0.694. The van der Waals surface area contributed by atoms with E-state index in [-0.39, 0.29) is 0 Å². The molecule has 1 fully saturated rings. The van der Waals surface area contributed by atoms with Gasteiger partial charge in [0.1, 0.15) is 0 Å². The third kappa shape index (κ3) is 2.69. The third-order valence-electron chi connectivity index (χ3n) is 3.72. The number of hydrogen-bond donors (Lipinski definition) is 1. The minimum Gasteiger partial charge on any atom is -0.330 e. The lowest BCUT2D eigenvalue weighted by molar-refractivity contribution is 0.738. The van der Waals surface area contributed by atoms with Crippen molar-refractivity contribution in [3.05, 3.63) is 34.4 Å². The van der Waals surface area contributed by atoms with Crippen LogP contribution in [0.5, 0.6) is 0 Å². The summed E-state index contributed by atoms with van der Waals surface area (Å²) < 4.78 is 0. The number of pyridine rings is 1. The second kappa shape index (κ2) is 5.80. The molecular weight excluding hydrogens is 254 g/mol. The second-order valence-corrected chi connectivity index (χ2v) is 6.20. The lowest BCUT2D eigenvalue weighted by Crippen LogP contribution is -2.01. The molecule has 19 heavy (non-hydrogen) atoms. The van der Waals surface area contributed by atoms with Gasteiger partial charge in [-0.2, -0.15) is 0 Å². The van der Waals surface area contributed by atoms with Crippen molar-refractivity contribution in [3.63, 3.8) is 0 Å². The first-order chi connectivity index (χ1) is 9.38. The standard InChI is InChI=1S/C15H19N3S/c16-8-7-13-18-14(12-6-3-9-17-10-12)15(19-13)11-4-1-2-5-11/h3,6,9-11H,1-2,4-5,7-8,16H2. The third-order valence-corrected chi connectivity index (χ3v) is 4.99. The van der Waals surface area contributed by atoms with Crippen molar-refractivity contribution < 1.29 is 0 Å². The first-order valence-corrected chi connectivity index (χ1v) is 7.80. The van der Waals surface area contributed by atoms with Crippen LogP contribution < -0.4 is 5.73 Å². The van der Waals surface area contributed by atoms with Gasteiger partial charge in [0, 0.05) is 29.3 Å². The molecule has 4 heteroatoms. The molecule has 1 saturated carbocycles. The van der Waals surface area contributed by atoms with Gasteiger partial charge in [0.25, 0.3) is 0 Å². The second-order valence-electron chi connectivity index (χ2n) is 5.08. The fourth-order valence-corrected chi connectivity index (χ4v) is 4.06. The van der Waals surface area contributed by atoms with Crippen molar-refractivity contribution in [1.29, 1.82) is 0 Å². The monoisotopic (exact) mass is 273 g/mol. The Morgan fingerprint density at radius 2 is 2.16 bits per heavy atom. The molecule has 3 rings (SSSR count). The van der Waals surface area contributed by atoms with E-state index in [0.717, 1.165) is 17.7 Å². The molecule has 0 aliphatic heterocycles. The highest BCUT2D eigenvalue weighted by atomic mass is 32.1. The van der Waals surface area contributed by atoms with Crippen LogP contribution in [0.2, 0.25) is 0 Å². The van der Waals surface area contributed by atoms with Crippen molar-refractivity contribution in [2.24, 2.45) is 5.73 Å². The first-order valence-electron chi connectivity index (χ1n) is 6.98. The Bertz CT molecular complexity index is 530. The van der Waals surface area contributed by atoms with Gasteiger partial charge in [-0.15, -0.1) is 11.3 Å². The lowest BCUT2D eigenvalue weighted by atomic mass is 10.0. The highest BCUT2D eigenvalue weighted by molar-refractivity contribution is 7.12. The van der Waals surface area contributed by atoms with Gasteiger partial charge < -0.3 is 5.73 Å². The van der Waals surface area contributed by atoms with E-state index in [2.05, 4.69) is 11.1 Å². The Morgan fingerprint density at radius 3 is 2.84 bits per heavy atom. The Kier molecular flexibility index (Phi) is 3.89. The van der Waals surface area contributed by atoms with Gasteiger partial charge in [-0.25, -0.2) is 4.98 Å². The summed E-state index contributed by atoms with van der Waals surface area (Å²) in [5.41, 5.74) is 7.96. The number of aromatic nitrogens is 2. The molecule has 0 aromatic carbocycles. The van der Waals surface area contributed by atoms with E-state index in [9.17, 15) is 0 Å². The SMILES string of the molecule is NCCc1nc(-c2cccnc2)c(C2CCCC2)s1. The molecule has 0 atom stereocenters. The Balaban J connectivity index is 2.00. The summed E-state index contributed by atoms with van der Waals surface area (Å²) in [5, 5.41) is 1.17. The largest absolute Gasteiger partial charge is 0.330 e. The maximum atomic E-state index is 5.67. The smallest absolute Gasteiger partial charge is 0.0948 e. The van der Waals surface area contributed by atoms with Crippen molar-refractivity contribution in [2.45, 2.75) is 38.0 Å². The highest BCUT2D eigenvalue weighted by Crippen LogP contribution is 2.42. The zero-order valence-electron chi connectivity index (χ0n) is 11.0. The van der Waals surface area contributed by atoms with Gasteiger partial charge in [0.2, 0.25) is 0 Å². The molecule has 2 aromatic heterocycles. The molecular formula is C15H19N3S. The summed E-state index contributed by atoms with van der Waals surface area (Å²) in [7, 11) is 0. The molecule has 0 unspecified atom stereocenters. The summed E-state index contributed by atoms with van der Waals surface area (Å²) in [6.45, 7) is 0.671. The van der Waals surface area contributed by atoms with Crippen molar-refractivity contribution in [1.82, 2.24) is 9.97 Å². The number of nitrogens with two attached hydrogens (primary N) is 1. The summed E-state index contributed by atoms with van der Waals surface area (Å²) in [6, 6.07) is 4.09. The number of nitrogens with zero attached hydrogens (tertiary/aromatic N) is 2. The predicted molar refractivity (Wildman–Crippen MR) is 79.3 cm³/mol. The first kappa shape index (κ1) is 12.8. The quantitative estimate of drug-likeness (QED) is 0.929. The van der Waals surface area contributed by atoms with E-state index in [1.807, 2.05) is 29.8 Å². The lowest BCUT2D eigenvalue weighted by Gasteiger charge is -2.08. The van der Waals surface area contributed by atoms with Crippen LogP contribution in [0.4, 0.5) is 0 Å². The summed E-state index contributed by atoms with van der Waals surface area (Å²) in [4.78, 5) is 10.5. The fourth-order valence-electron chi connectivity index (χ4n) is 2.78. The average Bonchev–Trinajstić information content (AvgIpc) is 3.08. The molecule has 0 radical (unpaired) electrons. The van der Waals surface area contributed by atoms with Crippen LogP contribution in [0.25, 0.3) is 11.3 Å². The van der Waals surface area contributed by atoms with Gasteiger partial charge in [-0.3, -0.25) is 4.98 Å². The average molecular weight is 273 g/mol. The van der Waals surface area contributed by atoms with Crippen LogP contribution in [0.1, 0.15) is 41.5 Å². The molecule has 2 aromatic rings. The zero-order chi connectivity index (χ0) is 13.1. The van der Waals surface area contributed by atoms with Crippen molar-refractivity contribution >= 4 is 11.3 Å². The topological polar surface area (TPSA) is 51.8 Å². The normalized spacial score (nSPS) is 16.1. The molecule has 1 aliphatic carbocycles. The van der Waals surface area contributed by atoms with Gasteiger partial charge in [-0.05, 0) is 37.4 Å². The Morgan fingerprint density at radius 1 is 1.32 bits per heavy atom. The van der Waals surface area contributed by atoms with Gasteiger partial charge in [0.15, 0.2) is 0 Å². The molecule has 0 saturated heterocycles. The molecule has 3 nitrogen and oxygen atoms in total. The van der Waals surface area contributed by atoms with Gasteiger partial charge in [-0.1, -0.05) is 12.8 Å². The highest BCUT2D eigenvalue weighted by Gasteiger charge is 2.24. The van der Waals surface area contributed by atoms with E-state index in [0.29, 0.717) is 12.5 Å². The Hall–Kier alpha value is -1.26. The van der Waals surface area contributed by atoms with Crippen LogP contribution in [-0.2, 0) is 6.42 Å². The molecule has 0 bridgehead atoms. The van der Waals surface area contributed by atoms with Gasteiger partial charge in [0.05, 0.1) is 10.7 Å². The minimum atomic E-state index is 0.671. The molecule has 0 spiro atoms. The zero-order valence-corrected chi connectivity index (χ0v) is 11.8. The van der Waals surface area contributed by atoms with E-state index in [1.165, 1.54) is 35.6 Å². The number of hydrogen-bond acceptors (Lipinski definition) is 4. The van der Waals surface area contributed by atoms with E-state index >= 15 is 0 Å². The van der Waals surface area contributed by atoms with Crippen molar-refractivity contribution in [3.8, 4) is 11.3 Å². The predicted octanol–water partition coefficient (Wildman–Crippen LogP) is 3.36. The van der Waals surface area contributed by atoms with Crippen molar-refractivity contribution in [2.75, 3.05) is 6.54 Å². The molecule has 2 N–H and O–H groups in total. The number of thiazole rings is 1. The van der Waals surface area contributed by atoms with Crippen LogP contribution in [0, 0.1) is 0 Å². The Labute approximate surface area is 117 Å². The van der Waals surface area contributed by atoms with Crippen LogP contribution in [0.15, 0.2) is 24.5 Å². The van der Waals surface area contributed by atoms with Crippen LogP contribution in [0.3, 0.4) is 0 Å². The van der Waals surface area contributed by atoms with E-state index < -0.39 is 0 Å². The van der Waals surface area contributed by atoms with Crippen LogP contribution in [-0.4, -0.2) is 16.5 Å². The van der Waals surface area contributed by atoms with Crippen LogP contribution >= 0.6 is 11.3 Å². The maximum absolute atomic E-state index is 5.67. The molecule has 1 aliphatic rings. The number of rotatable bonds is 4.